The van der Waals surface area contributed by atoms with Crippen LogP contribution in [0.25, 0.3) is 11.0 Å². The number of likely N-dealkylation sites (N-methyl/N-ethyl adjacent to an activating group) is 1. The molecule has 4 aliphatic heterocycles. The zero-order valence-electron chi connectivity index (χ0n) is 30.9. The summed E-state index contributed by atoms with van der Waals surface area (Å²) in [4.78, 5) is 49.7. The molecule has 7 rings (SSSR count). The second-order valence-electron chi connectivity index (χ2n) is 14.9. The van der Waals surface area contributed by atoms with Crippen LogP contribution < -0.4 is 20.1 Å². The Labute approximate surface area is 305 Å². The Morgan fingerprint density at radius 2 is 1.75 bits per heavy atom. The van der Waals surface area contributed by atoms with Crippen molar-refractivity contribution >= 4 is 44.4 Å². The first-order valence-corrected chi connectivity index (χ1v) is 19.9. The second-order valence-corrected chi connectivity index (χ2v) is 16.5. The van der Waals surface area contributed by atoms with Gasteiger partial charge in [-0.2, -0.15) is 12.7 Å². The summed E-state index contributed by atoms with van der Waals surface area (Å²) < 4.78 is 41.0. The van der Waals surface area contributed by atoms with E-state index in [9.17, 15) is 22.8 Å². The highest BCUT2D eigenvalue weighted by Crippen LogP contribution is 2.37. The van der Waals surface area contributed by atoms with Crippen LogP contribution in [0.4, 0.5) is 11.4 Å². The zero-order chi connectivity index (χ0) is 36.9. The normalized spacial score (nSPS) is 21.6. The Bertz CT molecular complexity index is 2060. The van der Waals surface area contributed by atoms with Crippen molar-refractivity contribution in [3.63, 3.8) is 0 Å². The van der Waals surface area contributed by atoms with Gasteiger partial charge in [0.15, 0.2) is 0 Å². The Balaban J connectivity index is 1.16. The monoisotopic (exact) mass is 734 g/mol. The smallest absolute Gasteiger partial charge is 0.341 e. The van der Waals surface area contributed by atoms with Crippen molar-refractivity contribution in [3.05, 3.63) is 68.1 Å². The molecule has 3 aromatic rings. The third-order valence-corrected chi connectivity index (χ3v) is 13.0. The summed E-state index contributed by atoms with van der Waals surface area (Å²) in [6.07, 6.45) is 3.85. The lowest BCUT2D eigenvalue weighted by Crippen LogP contribution is -2.53. The number of anilines is 2. The summed E-state index contributed by atoms with van der Waals surface area (Å²) in [5.41, 5.74) is 5.71. The van der Waals surface area contributed by atoms with Crippen molar-refractivity contribution in [2.75, 3.05) is 76.4 Å². The predicted molar refractivity (Wildman–Crippen MR) is 201 cm³/mol. The molecule has 2 amide bonds. The molecule has 4 aliphatic rings. The third-order valence-electron chi connectivity index (χ3n) is 11.5. The minimum absolute atomic E-state index is 0.107. The molecule has 14 heteroatoms. The fourth-order valence-corrected chi connectivity index (χ4v) is 9.74. The topological polar surface area (TPSA) is 136 Å². The van der Waals surface area contributed by atoms with Crippen LogP contribution in [0.2, 0.25) is 0 Å². The van der Waals surface area contributed by atoms with Gasteiger partial charge in [0.05, 0.1) is 36.0 Å². The second kappa shape index (κ2) is 14.4. The van der Waals surface area contributed by atoms with E-state index < -0.39 is 21.7 Å². The number of ether oxygens (including phenoxy) is 1. The number of nitrogens with one attached hydrogen (secondary N) is 1. The first-order valence-electron chi connectivity index (χ1n) is 18.4. The number of fused-ring (bicyclic) bond motifs is 3. The van der Waals surface area contributed by atoms with E-state index in [-0.39, 0.29) is 30.1 Å². The van der Waals surface area contributed by atoms with Crippen LogP contribution in [0.1, 0.15) is 75.6 Å². The number of piperazine rings is 1. The number of benzene rings is 2. The summed E-state index contributed by atoms with van der Waals surface area (Å²) in [6.45, 7) is 11.3. The molecule has 2 aromatic carbocycles. The van der Waals surface area contributed by atoms with Gasteiger partial charge < -0.3 is 23.9 Å². The highest BCUT2D eigenvalue weighted by molar-refractivity contribution is 7.87. The molecule has 1 N–H and O–H groups in total. The maximum atomic E-state index is 14.1. The molecule has 2 atom stereocenters. The number of aryl methyl sites for hydroxylation is 2. The van der Waals surface area contributed by atoms with E-state index in [0.717, 1.165) is 73.1 Å². The highest BCUT2D eigenvalue weighted by atomic mass is 32.2. The Kier molecular flexibility index (Phi) is 10.1. The molecule has 3 saturated heterocycles. The molecule has 52 heavy (non-hydrogen) atoms. The zero-order valence-corrected chi connectivity index (χ0v) is 31.7. The van der Waals surface area contributed by atoms with Crippen LogP contribution in [0.15, 0.2) is 33.5 Å². The quantitative estimate of drug-likeness (QED) is 0.343. The number of rotatable bonds is 8. The van der Waals surface area contributed by atoms with Crippen LogP contribution in [0.3, 0.4) is 0 Å². The molecule has 0 aliphatic carbocycles. The maximum Gasteiger partial charge on any atom is 0.341 e. The number of amides is 2. The van der Waals surface area contributed by atoms with Crippen LogP contribution >= 0.6 is 0 Å². The Morgan fingerprint density at radius 3 is 2.46 bits per heavy atom. The highest BCUT2D eigenvalue weighted by Gasteiger charge is 2.33. The lowest BCUT2D eigenvalue weighted by molar-refractivity contribution is 0.0732. The lowest BCUT2D eigenvalue weighted by Gasteiger charge is -2.41. The van der Waals surface area contributed by atoms with Crippen LogP contribution in [0.5, 0.6) is 0 Å². The van der Waals surface area contributed by atoms with Crippen molar-refractivity contribution < 1.29 is 27.2 Å². The van der Waals surface area contributed by atoms with E-state index in [2.05, 4.69) is 46.4 Å². The molecule has 0 spiro atoms. The Morgan fingerprint density at radius 1 is 0.981 bits per heavy atom. The summed E-state index contributed by atoms with van der Waals surface area (Å²) in [5.74, 6) is -0.980. The number of carbonyl (C=O) groups excluding carboxylic acids is 2. The average Bonchev–Trinajstić information content (AvgIpc) is 3.83. The minimum atomic E-state index is -3.98. The van der Waals surface area contributed by atoms with Crippen LogP contribution in [-0.4, -0.2) is 113 Å². The molecule has 3 fully saturated rings. The summed E-state index contributed by atoms with van der Waals surface area (Å²) in [5, 5.41) is 0.940. The largest absolute Gasteiger partial charge is 0.422 e. The molecule has 0 bridgehead atoms. The van der Waals surface area contributed by atoms with Crippen molar-refractivity contribution in [1.29, 1.82) is 0 Å². The van der Waals surface area contributed by atoms with Gasteiger partial charge in [-0.05, 0) is 95.3 Å². The summed E-state index contributed by atoms with van der Waals surface area (Å²) in [6, 6.07) is 7.38. The molecule has 0 unspecified atom stereocenters. The molecule has 5 heterocycles. The van der Waals surface area contributed by atoms with E-state index in [4.69, 9.17) is 9.15 Å². The average molecular weight is 735 g/mol. The van der Waals surface area contributed by atoms with E-state index in [1.165, 1.54) is 4.31 Å². The number of carbonyl (C=O) groups is 2. The van der Waals surface area contributed by atoms with Gasteiger partial charge in [-0.25, -0.2) is 9.52 Å². The van der Waals surface area contributed by atoms with E-state index in [1.807, 2.05) is 6.92 Å². The van der Waals surface area contributed by atoms with Crippen molar-refractivity contribution in [1.82, 2.24) is 18.8 Å². The summed E-state index contributed by atoms with van der Waals surface area (Å²) >= 11 is 0. The molecule has 1 aromatic heterocycles. The first-order chi connectivity index (χ1) is 24.9. The minimum Gasteiger partial charge on any atom is -0.422 e. The fourth-order valence-electron chi connectivity index (χ4n) is 8.52. The SMILES string of the molecule is COC[C@H]1CN(c2cc(C)c3c4c(c(=O)oc3c2C)CN(C(=O)c2ccc(C(=O)NS(=O)(=O)N3CCCC3)c(N3CCC[C@H]3C)c2)CC4)CCN1C. The van der Waals surface area contributed by atoms with Crippen molar-refractivity contribution in [2.24, 2.45) is 0 Å². The lowest BCUT2D eigenvalue weighted by atomic mass is 9.92. The van der Waals surface area contributed by atoms with E-state index in [0.29, 0.717) is 61.6 Å². The van der Waals surface area contributed by atoms with Crippen LogP contribution in [0, 0.1) is 13.8 Å². The van der Waals surface area contributed by atoms with E-state index >= 15 is 0 Å². The number of methoxy groups -OCH3 is 1. The van der Waals surface area contributed by atoms with Gasteiger partial charge in [-0.15, -0.1) is 0 Å². The molecular weight excluding hydrogens is 685 g/mol. The van der Waals surface area contributed by atoms with Crippen molar-refractivity contribution in [2.45, 2.75) is 71.5 Å². The third kappa shape index (κ3) is 6.70. The number of nitrogens with zero attached hydrogens (tertiary/aromatic N) is 5. The number of hydrogen-bond acceptors (Lipinski definition) is 10. The van der Waals surface area contributed by atoms with E-state index in [1.54, 1.807) is 30.2 Å². The first kappa shape index (κ1) is 36.4. The molecule has 0 saturated carbocycles. The predicted octanol–water partition coefficient (Wildman–Crippen LogP) is 3.43. The Hall–Kier alpha value is -3.98. The fraction of sp³-hybridized carbons (Fsp3) is 0.553. The van der Waals surface area contributed by atoms with Gasteiger partial charge in [0.1, 0.15) is 5.58 Å². The van der Waals surface area contributed by atoms with Gasteiger partial charge in [-0.3, -0.25) is 14.5 Å². The maximum absolute atomic E-state index is 14.1. The van der Waals surface area contributed by atoms with Crippen molar-refractivity contribution in [3.8, 4) is 0 Å². The molecule has 280 valence electrons. The molecular formula is C38H50N6O7S. The molecule has 13 nitrogen and oxygen atoms in total. The van der Waals surface area contributed by atoms with Gasteiger partial charge in [0.2, 0.25) is 0 Å². The standard InChI is InChI=1S/C38H50N6O7S/c1-24-19-32(41-18-17-40(4)28(21-41)23-50-5)26(3)35-34(24)29-12-16-42(22-31(29)38(47)51-35)37(46)27-10-11-30(33(20-27)44-15-8-9-25(44)2)36(45)39-52(48,49)43-13-6-7-14-43/h10-11,19-20,25,28H,6-9,12-18,21-23H2,1-5H3,(H,39,45)/t25-,28-/m1/s1. The van der Waals surface area contributed by atoms with Gasteiger partial charge in [0, 0.05) is 81.2 Å². The van der Waals surface area contributed by atoms with Gasteiger partial charge in [-0.1, -0.05) is 0 Å². The van der Waals surface area contributed by atoms with Gasteiger partial charge in [0.25, 0.3) is 11.8 Å². The summed E-state index contributed by atoms with van der Waals surface area (Å²) in [7, 11) is -0.142. The molecule has 0 radical (unpaired) electrons. The number of hydrogen-bond donors (Lipinski definition) is 1. The van der Waals surface area contributed by atoms with Gasteiger partial charge >= 0.3 is 15.8 Å². The van der Waals surface area contributed by atoms with Crippen LogP contribution in [-0.2, 0) is 27.9 Å².